The molecule has 0 aliphatic heterocycles. The number of nitrogens with one attached hydrogen (secondary N) is 1. The van der Waals surface area contributed by atoms with Crippen molar-refractivity contribution in [1.29, 1.82) is 0 Å². The molecule has 5 heteroatoms. The largest absolute Gasteiger partial charge is 0.478 e. The molecule has 1 aromatic rings. The summed E-state index contributed by atoms with van der Waals surface area (Å²) in [6.45, 7) is 5.34. The Morgan fingerprint density at radius 2 is 2.27 bits per heavy atom. The minimum atomic E-state index is 0.626. The van der Waals surface area contributed by atoms with Gasteiger partial charge in [-0.25, -0.2) is 4.98 Å². The summed E-state index contributed by atoms with van der Waals surface area (Å²) in [6, 6.07) is 1.83. The molecule has 0 saturated carbocycles. The molecule has 0 aliphatic rings. The predicted molar refractivity (Wildman–Crippen MR) is 64.8 cm³/mol. The average Bonchev–Trinajstić information content (AvgIpc) is 2.18. The molecule has 0 saturated heterocycles. The van der Waals surface area contributed by atoms with Crippen LogP contribution in [0.3, 0.4) is 0 Å². The number of aromatic nitrogens is 2. The maximum absolute atomic E-state index is 5.34. The highest BCUT2D eigenvalue weighted by Crippen LogP contribution is 2.13. The number of hydrogen-bond donors (Lipinski definition) is 1. The van der Waals surface area contributed by atoms with Gasteiger partial charge in [0.25, 0.3) is 0 Å². The molecule has 1 N–H and O–H groups in total. The number of ether oxygens (including phenoxy) is 1. The van der Waals surface area contributed by atoms with Gasteiger partial charge >= 0.3 is 0 Å². The van der Waals surface area contributed by atoms with Crippen molar-refractivity contribution in [3.05, 3.63) is 11.9 Å². The molecule has 1 heterocycles. The fourth-order valence-corrected chi connectivity index (χ4v) is 1.44. The van der Waals surface area contributed by atoms with Crippen LogP contribution in [0.1, 0.15) is 12.7 Å². The first-order valence-electron chi connectivity index (χ1n) is 4.97. The van der Waals surface area contributed by atoms with Crippen molar-refractivity contribution in [2.75, 3.05) is 30.5 Å². The Balaban J connectivity index is 2.62. The van der Waals surface area contributed by atoms with Crippen molar-refractivity contribution in [2.45, 2.75) is 13.8 Å². The Hall–Kier alpha value is -0.970. The van der Waals surface area contributed by atoms with Crippen LogP contribution in [0, 0.1) is 6.92 Å². The Labute approximate surface area is 94.8 Å². The highest BCUT2D eigenvalue weighted by atomic mass is 32.2. The fraction of sp³-hybridized carbons (Fsp3) is 0.600. The lowest BCUT2D eigenvalue weighted by Crippen LogP contribution is -2.07. The zero-order valence-electron chi connectivity index (χ0n) is 9.41. The van der Waals surface area contributed by atoms with Crippen molar-refractivity contribution >= 4 is 17.6 Å². The number of aryl methyl sites for hydroxylation is 1. The van der Waals surface area contributed by atoms with E-state index in [1.54, 1.807) is 11.8 Å². The van der Waals surface area contributed by atoms with E-state index >= 15 is 0 Å². The zero-order valence-corrected chi connectivity index (χ0v) is 10.2. The Morgan fingerprint density at radius 3 is 2.93 bits per heavy atom. The quantitative estimate of drug-likeness (QED) is 0.753. The van der Waals surface area contributed by atoms with E-state index in [1.807, 2.05) is 19.9 Å². The van der Waals surface area contributed by atoms with Gasteiger partial charge in [-0.3, -0.25) is 0 Å². The lowest BCUT2D eigenvalue weighted by molar-refractivity contribution is 0.325. The van der Waals surface area contributed by atoms with Crippen LogP contribution in [0.25, 0.3) is 0 Å². The van der Waals surface area contributed by atoms with Crippen molar-refractivity contribution in [2.24, 2.45) is 0 Å². The molecule has 1 aromatic heterocycles. The normalized spacial score (nSPS) is 10.1. The molecule has 0 unspecified atom stereocenters. The Bertz CT molecular complexity index is 307. The lowest BCUT2D eigenvalue weighted by Gasteiger charge is -2.07. The van der Waals surface area contributed by atoms with E-state index < -0.39 is 0 Å². The Kier molecular flexibility index (Phi) is 5.25. The SMILES string of the molecule is CCOc1cc(NCCSC)nc(C)n1. The molecule has 1 rings (SSSR count). The summed E-state index contributed by atoms with van der Waals surface area (Å²) in [5.74, 6) is 3.26. The molecule has 0 radical (unpaired) electrons. The fourth-order valence-electron chi connectivity index (χ4n) is 1.13. The van der Waals surface area contributed by atoms with Crippen molar-refractivity contribution < 1.29 is 4.74 Å². The molecule has 0 atom stereocenters. The third-order valence-electron chi connectivity index (χ3n) is 1.72. The van der Waals surface area contributed by atoms with Crippen molar-refractivity contribution in [3.63, 3.8) is 0 Å². The van der Waals surface area contributed by atoms with Crippen LogP contribution < -0.4 is 10.1 Å². The third kappa shape index (κ3) is 4.38. The molecule has 0 aromatic carbocycles. The average molecular weight is 227 g/mol. The number of anilines is 1. The van der Waals surface area contributed by atoms with Crippen LogP contribution in [-0.2, 0) is 0 Å². The molecule has 15 heavy (non-hydrogen) atoms. The second-order valence-corrected chi connectivity index (χ2v) is 3.98. The number of rotatable bonds is 6. The van der Waals surface area contributed by atoms with Gasteiger partial charge in [0.15, 0.2) is 0 Å². The standard InChI is InChI=1S/C10H17N3OS/c1-4-14-10-7-9(11-5-6-15-3)12-8(2)13-10/h7H,4-6H2,1-3H3,(H,11,12,13). The maximum atomic E-state index is 5.34. The van der Waals surface area contributed by atoms with Gasteiger partial charge < -0.3 is 10.1 Å². The van der Waals surface area contributed by atoms with Gasteiger partial charge in [-0.15, -0.1) is 0 Å². The van der Waals surface area contributed by atoms with Crippen LogP contribution in [0.4, 0.5) is 5.82 Å². The van der Waals surface area contributed by atoms with Gasteiger partial charge in [0.05, 0.1) is 6.61 Å². The van der Waals surface area contributed by atoms with E-state index in [9.17, 15) is 0 Å². The van der Waals surface area contributed by atoms with Crippen LogP contribution in [0.2, 0.25) is 0 Å². The number of nitrogens with zero attached hydrogens (tertiary/aromatic N) is 2. The van der Waals surface area contributed by atoms with Crippen molar-refractivity contribution in [1.82, 2.24) is 9.97 Å². The van der Waals surface area contributed by atoms with Crippen LogP contribution in [0.15, 0.2) is 6.07 Å². The molecule has 84 valence electrons. The maximum Gasteiger partial charge on any atom is 0.218 e. The summed E-state index contributed by atoms with van der Waals surface area (Å²) in [5.41, 5.74) is 0. The lowest BCUT2D eigenvalue weighted by atomic mass is 10.5. The van der Waals surface area contributed by atoms with Gasteiger partial charge in [0.2, 0.25) is 5.88 Å². The minimum Gasteiger partial charge on any atom is -0.478 e. The van der Waals surface area contributed by atoms with E-state index in [0.717, 1.165) is 23.9 Å². The van der Waals surface area contributed by atoms with E-state index in [1.165, 1.54) is 0 Å². The summed E-state index contributed by atoms with van der Waals surface area (Å²) in [5, 5.41) is 3.23. The van der Waals surface area contributed by atoms with Crippen LogP contribution in [0.5, 0.6) is 5.88 Å². The van der Waals surface area contributed by atoms with Gasteiger partial charge in [-0.1, -0.05) is 0 Å². The third-order valence-corrected chi connectivity index (χ3v) is 2.33. The monoisotopic (exact) mass is 227 g/mol. The summed E-state index contributed by atoms with van der Waals surface area (Å²) in [7, 11) is 0. The molecule has 0 amide bonds. The van der Waals surface area contributed by atoms with Gasteiger partial charge in [0, 0.05) is 18.4 Å². The Morgan fingerprint density at radius 1 is 1.47 bits per heavy atom. The molecule has 0 spiro atoms. The predicted octanol–water partition coefficient (Wildman–Crippen LogP) is 1.96. The summed E-state index contributed by atoms with van der Waals surface area (Å²) >= 11 is 1.80. The van der Waals surface area contributed by atoms with Crippen molar-refractivity contribution in [3.8, 4) is 5.88 Å². The summed E-state index contributed by atoms with van der Waals surface area (Å²) < 4.78 is 5.34. The topological polar surface area (TPSA) is 47.0 Å². The second-order valence-electron chi connectivity index (χ2n) is 2.99. The smallest absolute Gasteiger partial charge is 0.218 e. The number of hydrogen-bond acceptors (Lipinski definition) is 5. The van der Waals surface area contributed by atoms with E-state index in [2.05, 4.69) is 21.5 Å². The second kappa shape index (κ2) is 6.50. The molecule has 4 nitrogen and oxygen atoms in total. The molecule has 0 bridgehead atoms. The van der Waals surface area contributed by atoms with E-state index in [-0.39, 0.29) is 0 Å². The first-order chi connectivity index (χ1) is 7.26. The molecular weight excluding hydrogens is 210 g/mol. The number of thioether (sulfide) groups is 1. The van der Waals surface area contributed by atoms with E-state index in [0.29, 0.717) is 12.5 Å². The highest BCUT2D eigenvalue weighted by Gasteiger charge is 2.01. The first-order valence-corrected chi connectivity index (χ1v) is 6.37. The highest BCUT2D eigenvalue weighted by molar-refractivity contribution is 7.98. The summed E-state index contributed by atoms with van der Waals surface area (Å²) in [4.78, 5) is 8.45. The van der Waals surface area contributed by atoms with Crippen LogP contribution in [-0.4, -0.2) is 35.1 Å². The molecule has 0 fully saturated rings. The van der Waals surface area contributed by atoms with Gasteiger partial charge in [-0.05, 0) is 20.1 Å². The van der Waals surface area contributed by atoms with Gasteiger partial charge in [0.1, 0.15) is 11.6 Å². The molecular formula is C10H17N3OS. The first kappa shape index (κ1) is 12.1. The minimum absolute atomic E-state index is 0.626. The van der Waals surface area contributed by atoms with E-state index in [4.69, 9.17) is 4.74 Å². The van der Waals surface area contributed by atoms with Crippen LogP contribution >= 0.6 is 11.8 Å². The molecule has 0 aliphatic carbocycles. The summed E-state index contributed by atoms with van der Waals surface area (Å²) in [6.07, 6.45) is 2.08. The zero-order chi connectivity index (χ0) is 11.1. The van der Waals surface area contributed by atoms with Gasteiger partial charge in [-0.2, -0.15) is 16.7 Å².